The molecule has 0 spiro atoms. The van der Waals surface area contributed by atoms with Crippen LogP contribution in [-0.4, -0.2) is 27.9 Å². The molecule has 0 bridgehead atoms. The second-order valence-corrected chi connectivity index (χ2v) is 8.00. The van der Waals surface area contributed by atoms with Crippen molar-refractivity contribution in [3.8, 4) is 17.2 Å². The van der Waals surface area contributed by atoms with E-state index in [1.54, 1.807) is 12.1 Å². The highest BCUT2D eigenvalue weighted by molar-refractivity contribution is 7.89. The van der Waals surface area contributed by atoms with E-state index in [0.29, 0.717) is 17.9 Å². The topological polar surface area (TPSA) is 81.7 Å². The summed E-state index contributed by atoms with van der Waals surface area (Å²) in [6.45, 7) is 3.54. The van der Waals surface area contributed by atoms with E-state index in [4.69, 9.17) is 9.47 Å². The Morgan fingerprint density at radius 3 is 2.43 bits per heavy atom. The molecule has 0 fully saturated rings. The van der Waals surface area contributed by atoms with E-state index in [1.807, 2.05) is 13.0 Å². The fourth-order valence-electron chi connectivity index (χ4n) is 2.49. The summed E-state index contributed by atoms with van der Waals surface area (Å²) >= 11 is 0. The van der Waals surface area contributed by atoms with Gasteiger partial charge < -0.3 is 14.3 Å². The number of carbonyl (C=O) groups excluding carboxylic acids is 1. The molecule has 0 aliphatic carbocycles. The van der Waals surface area contributed by atoms with E-state index >= 15 is 0 Å². The molecule has 0 aliphatic heterocycles. The molecule has 28 heavy (non-hydrogen) atoms. The minimum absolute atomic E-state index is 0.0193. The number of Topliss-reactive ketones (excluding diaryl/α,β-unsaturated/α-hetero) is 1. The van der Waals surface area contributed by atoms with E-state index < -0.39 is 15.8 Å². The molecule has 6 nitrogen and oxygen atoms in total. The molecule has 0 heterocycles. The monoisotopic (exact) mass is 409 g/mol. The Morgan fingerprint density at radius 1 is 1.11 bits per heavy atom. The molecule has 0 atom stereocenters. The minimum atomic E-state index is -3.87. The lowest BCUT2D eigenvalue weighted by molar-refractivity contribution is -0.117. The Hall–Kier alpha value is -2.45. The number of hydrogen-bond donors (Lipinski definition) is 1. The first-order chi connectivity index (χ1) is 13.3. The zero-order valence-corrected chi connectivity index (χ0v) is 16.9. The summed E-state index contributed by atoms with van der Waals surface area (Å²) in [5.41, 5.74) is 1.04. The molecule has 1 N–H and O–H groups in total. The standard InChI is InChI=1S/C20H24FNO5S/c1-4-15-7-9-19(20(12-15)26-3)27-18-10-8-16(13-17(18)21)28(24,25)22-11-5-6-14(2)23/h7-10,12-13,22H,4-6,11H2,1-3H3. The van der Waals surface area contributed by atoms with Gasteiger partial charge in [-0.1, -0.05) is 13.0 Å². The van der Waals surface area contributed by atoms with Crippen molar-refractivity contribution in [1.82, 2.24) is 4.72 Å². The minimum Gasteiger partial charge on any atom is -0.493 e. The van der Waals surface area contributed by atoms with Crippen molar-refractivity contribution < 1.29 is 27.1 Å². The molecule has 2 aromatic rings. The number of benzene rings is 2. The van der Waals surface area contributed by atoms with Crippen LogP contribution >= 0.6 is 0 Å². The first kappa shape index (κ1) is 21.8. The first-order valence-electron chi connectivity index (χ1n) is 8.90. The third kappa shape index (κ3) is 5.77. The second-order valence-electron chi connectivity index (χ2n) is 6.24. The number of ketones is 1. The van der Waals surface area contributed by atoms with E-state index in [1.165, 1.54) is 26.2 Å². The zero-order chi connectivity index (χ0) is 20.7. The summed E-state index contributed by atoms with van der Waals surface area (Å²) < 4.78 is 52.1. The van der Waals surface area contributed by atoms with Crippen LogP contribution in [0.25, 0.3) is 0 Å². The highest BCUT2D eigenvalue weighted by Gasteiger charge is 2.17. The molecule has 0 radical (unpaired) electrons. The Balaban J connectivity index is 2.15. The number of hydrogen-bond acceptors (Lipinski definition) is 5. The molecule has 2 rings (SSSR count). The predicted molar refractivity (Wildman–Crippen MR) is 104 cm³/mol. The molecule has 0 saturated carbocycles. The van der Waals surface area contributed by atoms with Crippen molar-refractivity contribution in [3.63, 3.8) is 0 Å². The number of nitrogens with one attached hydrogen (secondary N) is 1. The predicted octanol–water partition coefficient (Wildman–Crippen LogP) is 3.84. The van der Waals surface area contributed by atoms with Gasteiger partial charge >= 0.3 is 0 Å². The van der Waals surface area contributed by atoms with Crippen LogP contribution in [0.1, 0.15) is 32.3 Å². The van der Waals surface area contributed by atoms with Crippen molar-refractivity contribution >= 4 is 15.8 Å². The fourth-order valence-corrected chi connectivity index (χ4v) is 3.58. The molecule has 0 aliphatic rings. The Bertz CT molecular complexity index is 944. The van der Waals surface area contributed by atoms with E-state index in [-0.39, 0.29) is 29.4 Å². The lowest BCUT2D eigenvalue weighted by Crippen LogP contribution is -2.25. The molecule has 0 saturated heterocycles. The van der Waals surface area contributed by atoms with Crippen LogP contribution in [0, 0.1) is 5.82 Å². The van der Waals surface area contributed by atoms with Gasteiger partial charge in [0.25, 0.3) is 0 Å². The van der Waals surface area contributed by atoms with Gasteiger partial charge in [0.2, 0.25) is 10.0 Å². The molecule has 0 amide bonds. The van der Waals surface area contributed by atoms with Crippen molar-refractivity contribution in [3.05, 3.63) is 47.8 Å². The lowest BCUT2D eigenvalue weighted by Gasteiger charge is -2.13. The van der Waals surface area contributed by atoms with Crippen LogP contribution in [0.5, 0.6) is 17.2 Å². The molecular weight excluding hydrogens is 385 g/mol. The summed E-state index contributed by atoms with van der Waals surface area (Å²) in [7, 11) is -2.38. The van der Waals surface area contributed by atoms with Gasteiger partial charge in [-0.25, -0.2) is 17.5 Å². The number of methoxy groups -OCH3 is 1. The average Bonchev–Trinajstić information content (AvgIpc) is 2.66. The van der Waals surface area contributed by atoms with Crippen molar-refractivity contribution in [2.24, 2.45) is 0 Å². The van der Waals surface area contributed by atoms with Crippen LogP contribution in [0.2, 0.25) is 0 Å². The quantitative estimate of drug-likeness (QED) is 0.603. The average molecular weight is 409 g/mol. The van der Waals surface area contributed by atoms with Crippen LogP contribution in [0.4, 0.5) is 4.39 Å². The van der Waals surface area contributed by atoms with Gasteiger partial charge in [0.1, 0.15) is 5.78 Å². The summed E-state index contributed by atoms with van der Waals surface area (Å²) in [6.07, 6.45) is 1.48. The smallest absolute Gasteiger partial charge is 0.240 e. The van der Waals surface area contributed by atoms with Crippen LogP contribution < -0.4 is 14.2 Å². The van der Waals surface area contributed by atoms with Gasteiger partial charge in [0, 0.05) is 13.0 Å². The van der Waals surface area contributed by atoms with Gasteiger partial charge in [-0.3, -0.25) is 0 Å². The van der Waals surface area contributed by atoms with Gasteiger partial charge in [0.05, 0.1) is 12.0 Å². The molecule has 8 heteroatoms. The lowest BCUT2D eigenvalue weighted by atomic mass is 10.1. The SMILES string of the molecule is CCc1ccc(Oc2ccc(S(=O)(=O)NCCCC(C)=O)cc2F)c(OC)c1. The largest absolute Gasteiger partial charge is 0.493 e. The fraction of sp³-hybridized carbons (Fsp3) is 0.350. The van der Waals surface area contributed by atoms with Gasteiger partial charge in [-0.2, -0.15) is 0 Å². The number of carbonyl (C=O) groups is 1. The number of sulfonamides is 1. The molecular formula is C20H24FNO5S. The highest BCUT2D eigenvalue weighted by atomic mass is 32.2. The number of rotatable bonds is 10. The molecule has 152 valence electrons. The highest BCUT2D eigenvalue weighted by Crippen LogP contribution is 2.34. The number of aryl methyl sites for hydroxylation is 1. The van der Waals surface area contributed by atoms with Crippen LogP contribution in [0.3, 0.4) is 0 Å². The van der Waals surface area contributed by atoms with Crippen LogP contribution in [-0.2, 0) is 21.2 Å². The molecule has 2 aromatic carbocycles. The zero-order valence-electron chi connectivity index (χ0n) is 16.1. The van der Waals surface area contributed by atoms with E-state index in [2.05, 4.69) is 4.72 Å². The maximum Gasteiger partial charge on any atom is 0.240 e. The summed E-state index contributed by atoms with van der Waals surface area (Å²) in [4.78, 5) is 10.7. The Kier molecular flexibility index (Phi) is 7.53. The summed E-state index contributed by atoms with van der Waals surface area (Å²) in [5.74, 6) is -0.153. The van der Waals surface area contributed by atoms with Crippen molar-refractivity contribution in [2.75, 3.05) is 13.7 Å². The van der Waals surface area contributed by atoms with Crippen LogP contribution in [0.15, 0.2) is 41.3 Å². The third-order valence-corrected chi connectivity index (χ3v) is 5.53. The summed E-state index contributed by atoms with van der Waals surface area (Å²) in [5, 5.41) is 0. The van der Waals surface area contributed by atoms with Gasteiger partial charge in [0.15, 0.2) is 23.1 Å². The van der Waals surface area contributed by atoms with E-state index in [9.17, 15) is 17.6 Å². The number of ether oxygens (including phenoxy) is 2. The van der Waals surface area contributed by atoms with Gasteiger partial charge in [-0.15, -0.1) is 0 Å². The normalized spacial score (nSPS) is 11.3. The van der Waals surface area contributed by atoms with Gasteiger partial charge in [-0.05, 0) is 55.7 Å². The Morgan fingerprint density at radius 2 is 1.82 bits per heavy atom. The maximum absolute atomic E-state index is 14.4. The third-order valence-electron chi connectivity index (χ3n) is 4.07. The van der Waals surface area contributed by atoms with Crippen molar-refractivity contribution in [2.45, 2.75) is 38.0 Å². The molecule has 0 aromatic heterocycles. The first-order valence-corrected chi connectivity index (χ1v) is 10.4. The summed E-state index contributed by atoms with van der Waals surface area (Å²) in [6, 6.07) is 8.75. The number of halogens is 1. The second kappa shape index (κ2) is 9.66. The molecule has 0 unspecified atom stereocenters. The maximum atomic E-state index is 14.4. The van der Waals surface area contributed by atoms with E-state index in [0.717, 1.165) is 18.1 Å². The Labute approximate surface area is 164 Å². The van der Waals surface area contributed by atoms with Crippen molar-refractivity contribution in [1.29, 1.82) is 0 Å².